The third-order valence-corrected chi connectivity index (χ3v) is 6.08. The first-order valence-corrected chi connectivity index (χ1v) is 11.4. The Morgan fingerprint density at radius 3 is 2.63 bits per heavy atom. The van der Waals surface area contributed by atoms with Gasteiger partial charge in [0.25, 0.3) is 0 Å². The number of aryl methyl sites for hydroxylation is 1. The molecule has 1 fully saturated rings. The summed E-state index contributed by atoms with van der Waals surface area (Å²) in [6.45, 7) is 3.02. The Morgan fingerprint density at radius 1 is 1.23 bits per heavy atom. The van der Waals surface area contributed by atoms with E-state index in [0.717, 1.165) is 12.8 Å². The molecule has 1 saturated heterocycles. The molecule has 1 atom stereocenters. The minimum atomic E-state index is -0.769. The topological polar surface area (TPSA) is 138 Å². The van der Waals surface area contributed by atoms with Gasteiger partial charge >= 0.3 is 0 Å². The number of hydrogen-bond donors (Lipinski definition) is 3. The number of aromatic hydroxyl groups is 2. The summed E-state index contributed by atoms with van der Waals surface area (Å²) in [5.74, 6) is -0.445. The Labute approximate surface area is 202 Å². The molecule has 3 heterocycles. The number of anilines is 1. The summed E-state index contributed by atoms with van der Waals surface area (Å²) >= 11 is 0. The van der Waals surface area contributed by atoms with E-state index in [-0.39, 0.29) is 35.6 Å². The third kappa shape index (κ3) is 5.53. The van der Waals surface area contributed by atoms with Crippen LogP contribution in [0.5, 0.6) is 17.2 Å². The Kier molecular flexibility index (Phi) is 7.19. The number of phenolic OH excluding ortho intramolecular Hbond substituents is 1. The summed E-state index contributed by atoms with van der Waals surface area (Å²) < 4.78 is 10.9. The first kappa shape index (κ1) is 24.1. The molecule has 3 N–H and O–H groups in total. The average molecular weight is 481 g/mol. The maximum absolute atomic E-state index is 13.1. The smallest absolute Gasteiger partial charge is 0.227 e. The van der Waals surface area contributed by atoms with E-state index in [1.807, 2.05) is 0 Å². The van der Waals surface area contributed by atoms with Crippen LogP contribution in [-0.4, -0.2) is 52.3 Å². The third-order valence-electron chi connectivity index (χ3n) is 6.08. The zero-order chi connectivity index (χ0) is 24.9. The second-order valence-corrected chi connectivity index (χ2v) is 8.50. The maximum atomic E-state index is 13.1. The van der Waals surface area contributed by atoms with Gasteiger partial charge in [-0.05, 0) is 43.5 Å². The molecule has 10 nitrogen and oxygen atoms in total. The molecule has 0 radical (unpaired) electrons. The molecule has 10 heteroatoms. The van der Waals surface area contributed by atoms with Crippen molar-refractivity contribution in [2.24, 2.45) is 0 Å². The van der Waals surface area contributed by atoms with Crippen molar-refractivity contribution in [1.29, 1.82) is 0 Å². The number of rotatable bonds is 7. The van der Waals surface area contributed by atoms with Gasteiger partial charge in [-0.1, -0.05) is 6.07 Å². The molecule has 1 amide bonds. The monoisotopic (exact) mass is 480 g/mol. The van der Waals surface area contributed by atoms with Crippen LogP contribution >= 0.6 is 0 Å². The van der Waals surface area contributed by atoms with Crippen molar-refractivity contribution in [3.8, 4) is 17.2 Å². The minimum absolute atomic E-state index is 0.00561. The molecule has 0 saturated carbocycles. The standard InChI is InChI=1S/C25H28N4O6/c1-15-12-20(31)23(33)24(35-15)18(16-4-5-19(30)21(13-16)34-2)14-22(32)28-17-6-10-29(11-7-17)25-26-8-3-9-27-25/h3-5,8-9,12-13,17-18,30,33H,6-7,10-11,14H2,1-2H3,(H,28,32)/t18-/m0/s1. The number of carbonyl (C=O) groups is 1. The van der Waals surface area contributed by atoms with Crippen LogP contribution in [0.1, 0.15) is 42.3 Å². The van der Waals surface area contributed by atoms with E-state index in [1.165, 1.54) is 19.2 Å². The van der Waals surface area contributed by atoms with Crippen LogP contribution in [0.4, 0.5) is 5.95 Å². The van der Waals surface area contributed by atoms with Crippen LogP contribution in [0.3, 0.4) is 0 Å². The number of aromatic nitrogens is 2. The molecular formula is C25H28N4O6. The molecule has 3 aromatic rings. The first-order chi connectivity index (χ1) is 16.9. The molecule has 0 unspecified atom stereocenters. The first-order valence-electron chi connectivity index (χ1n) is 11.4. The van der Waals surface area contributed by atoms with Crippen molar-refractivity contribution in [2.45, 2.75) is 38.1 Å². The summed E-state index contributed by atoms with van der Waals surface area (Å²) in [4.78, 5) is 36.0. The van der Waals surface area contributed by atoms with Gasteiger partial charge in [0.15, 0.2) is 17.3 Å². The van der Waals surface area contributed by atoms with Gasteiger partial charge in [0.05, 0.1) is 13.0 Å². The van der Waals surface area contributed by atoms with Crippen molar-refractivity contribution >= 4 is 11.9 Å². The van der Waals surface area contributed by atoms with Crippen LogP contribution in [0.2, 0.25) is 0 Å². The lowest BCUT2D eigenvalue weighted by Crippen LogP contribution is -2.45. The highest BCUT2D eigenvalue weighted by Gasteiger charge is 2.28. The molecule has 0 spiro atoms. The number of amides is 1. The van der Waals surface area contributed by atoms with Crippen LogP contribution in [0, 0.1) is 6.92 Å². The van der Waals surface area contributed by atoms with Crippen molar-refractivity contribution in [2.75, 3.05) is 25.1 Å². The molecule has 35 heavy (non-hydrogen) atoms. The number of nitrogens with one attached hydrogen (secondary N) is 1. The number of benzene rings is 1. The fourth-order valence-electron chi connectivity index (χ4n) is 4.29. The van der Waals surface area contributed by atoms with Gasteiger partial charge in [0.2, 0.25) is 23.0 Å². The molecule has 0 bridgehead atoms. The van der Waals surface area contributed by atoms with E-state index >= 15 is 0 Å². The van der Waals surface area contributed by atoms with Crippen LogP contribution < -0.4 is 20.4 Å². The second kappa shape index (κ2) is 10.5. The van der Waals surface area contributed by atoms with Crippen LogP contribution in [0.25, 0.3) is 0 Å². The second-order valence-electron chi connectivity index (χ2n) is 8.50. The van der Waals surface area contributed by atoms with Crippen LogP contribution in [0.15, 0.2) is 51.9 Å². The lowest BCUT2D eigenvalue weighted by Gasteiger charge is -2.32. The number of ether oxygens (including phenoxy) is 1. The SMILES string of the molecule is COc1cc([C@H](CC(=O)NC2CCN(c3ncccn3)CC2)c2oc(C)cc(=O)c2O)ccc1O. The highest BCUT2D eigenvalue weighted by molar-refractivity contribution is 5.78. The fraction of sp³-hybridized carbons (Fsp3) is 0.360. The molecule has 0 aliphatic carbocycles. The normalized spacial score (nSPS) is 15.0. The van der Waals surface area contributed by atoms with Crippen molar-refractivity contribution in [3.05, 3.63) is 70.0 Å². The number of nitrogens with zero attached hydrogens (tertiary/aromatic N) is 3. The van der Waals surface area contributed by atoms with Gasteiger partial charge in [-0.3, -0.25) is 9.59 Å². The summed E-state index contributed by atoms with van der Waals surface area (Å²) in [6.07, 6.45) is 4.79. The van der Waals surface area contributed by atoms with Gasteiger partial charge in [0.1, 0.15) is 5.76 Å². The number of phenols is 1. The van der Waals surface area contributed by atoms with Gasteiger partial charge in [-0.15, -0.1) is 0 Å². The Hall–Kier alpha value is -4.08. The van der Waals surface area contributed by atoms with E-state index in [0.29, 0.717) is 30.4 Å². The summed E-state index contributed by atoms with van der Waals surface area (Å²) in [7, 11) is 1.41. The zero-order valence-electron chi connectivity index (χ0n) is 19.6. The van der Waals surface area contributed by atoms with Crippen molar-refractivity contribution in [1.82, 2.24) is 15.3 Å². The van der Waals surface area contributed by atoms with Gasteiger partial charge < -0.3 is 29.6 Å². The highest BCUT2D eigenvalue weighted by Crippen LogP contribution is 2.37. The number of hydrogen-bond acceptors (Lipinski definition) is 9. The Balaban J connectivity index is 1.52. The zero-order valence-corrected chi connectivity index (χ0v) is 19.6. The molecule has 184 valence electrons. The molecule has 1 aliphatic rings. The van der Waals surface area contributed by atoms with Crippen LogP contribution in [-0.2, 0) is 4.79 Å². The van der Waals surface area contributed by atoms with E-state index in [4.69, 9.17) is 9.15 Å². The molecule has 2 aromatic heterocycles. The van der Waals surface area contributed by atoms with E-state index in [1.54, 1.807) is 37.5 Å². The molecule has 4 rings (SSSR count). The fourth-order valence-corrected chi connectivity index (χ4v) is 4.29. The quantitative estimate of drug-likeness (QED) is 0.465. The predicted octanol–water partition coefficient (Wildman–Crippen LogP) is 2.47. The summed E-state index contributed by atoms with van der Waals surface area (Å²) in [5.41, 5.74) is -0.0368. The Bertz CT molecular complexity index is 1240. The minimum Gasteiger partial charge on any atom is -0.504 e. The number of piperidine rings is 1. The van der Waals surface area contributed by atoms with Crippen molar-refractivity contribution in [3.63, 3.8) is 0 Å². The largest absolute Gasteiger partial charge is 0.504 e. The molecule has 1 aromatic carbocycles. The lowest BCUT2D eigenvalue weighted by molar-refractivity contribution is -0.122. The summed E-state index contributed by atoms with van der Waals surface area (Å²) in [5, 5.41) is 23.5. The van der Waals surface area contributed by atoms with Gasteiger partial charge in [-0.25, -0.2) is 9.97 Å². The highest BCUT2D eigenvalue weighted by atomic mass is 16.5. The van der Waals surface area contributed by atoms with E-state index in [2.05, 4.69) is 20.2 Å². The average Bonchev–Trinajstić information content (AvgIpc) is 2.86. The van der Waals surface area contributed by atoms with Gasteiger partial charge in [-0.2, -0.15) is 0 Å². The van der Waals surface area contributed by atoms with Crippen molar-refractivity contribution < 1.29 is 24.2 Å². The lowest BCUT2D eigenvalue weighted by atomic mass is 9.91. The maximum Gasteiger partial charge on any atom is 0.227 e. The Morgan fingerprint density at radius 2 is 1.94 bits per heavy atom. The molecule has 1 aliphatic heterocycles. The predicted molar refractivity (Wildman–Crippen MR) is 128 cm³/mol. The van der Waals surface area contributed by atoms with E-state index in [9.17, 15) is 19.8 Å². The molecular weight excluding hydrogens is 452 g/mol. The summed E-state index contributed by atoms with van der Waals surface area (Å²) in [6, 6.07) is 7.53. The number of carbonyl (C=O) groups excluding carboxylic acids is 1. The van der Waals surface area contributed by atoms with E-state index < -0.39 is 17.1 Å². The number of methoxy groups -OCH3 is 1. The van der Waals surface area contributed by atoms with Gasteiger partial charge in [0, 0.05) is 44.0 Å².